The summed E-state index contributed by atoms with van der Waals surface area (Å²) in [5, 5.41) is 8.64. The molecule has 90 valence electrons. The lowest BCUT2D eigenvalue weighted by atomic mass is 10.2. The molecule has 0 bridgehead atoms. The predicted octanol–water partition coefficient (Wildman–Crippen LogP) is 4.09. The zero-order valence-electron chi connectivity index (χ0n) is 9.48. The topological polar surface area (TPSA) is 37.8 Å². The fraction of sp³-hybridized carbons (Fsp3) is 0.273. The van der Waals surface area contributed by atoms with Gasteiger partial charge in [0.05, 0.1) is 6.04 Å². The second-order valence-electron chi connectivity index (χ2n) is 3.49. The first-order valence-electron chi connectivity index (χ1n) is 5.06. The minimum atomic E-state index is 0.210. The molecule has 2 heterocycles. The molecule has 2 aromatic heterocycles. The number of anilines is 1. The van der Waals surface area contributed by atoms with Gasteiger partial charge >= 0.3 is 0 Å². The number of rotatable bonds is 4. The maximum absolute atomic E-state index is 5.93. The van der Waals surface area contributed by atoms with Crippen LogP contribution in [0.4, 0.5) is 5.82 Å². The molecule has 0 amide bonds. The minimum Gasteiger partial charge on any atom is -0.363 e. The summed E-state index contributed by atoms with van der Waals surface area (Å²) in [4.78, 5) is 8.46. The van der Waals surface area contributed by atoms with Gasteiger partial charge in [0.2, 0.25) is 0 Å². The molecular formula is C11H12ClN3S2. The first kappa shape index (κ1) is 12.7. The van der Waals surface area contributed by atoms with E-state index in [-0.39, 0.29) is 6.04 Å². The van der Waals surface area contributed by atoms with Crippen molar-refractivity contribution < 1.29 is 0 Å². The molecule has 1 atom stereocenters. The Hall–Kier alpha value is -0.780. The molecule has 0 radical (unpaired) electrons. The maximum Gasteiger partial charge on any atom is 0.190 e. The summed E-state index contributed by atoms with van der Waals surface area (Å²) in [6.45, 7) is 2.09. The number of thiophene rings is 1. The SMILES string of the molecule is CSc1nc(Cl)cc(NC(C)c2ccsc2)n1. The largest absolute Gasteiger partial charge is 0.363 e. The molecule has 2 rings (SSSR count). The average Bonchev–Trinajstić information content (AvgIpc) is 2.81. The quantitative estimate of drug-likeness (QED) is 0.522. The number of halogens is 1. The molecule has 1 N–H and O–H groups in total. The Morgan fingerprint density at radius 2 is 2.29 bits per heavy atom. The summed E-state index contributed by atoms with van der Waals surface area (Å²) in [6, 6.07) is 4.05. The molecule has 0 saturated carbocycles. The van der Waals surface area contributed by atoms with E-state index in [0.29, 0.717) is 10.3 Å². The van der Waals surface area contributed by atoms with E-state index in [1.807, 2.05) is 6.26 Å². The molecule has 0 aromatic carbocycles. The summed E-state index contributed by atoms with van der Waals surface area (Å²) < 4.78 is 0. The molecule has 0 saturated heterocycles. The van der Waals surface area contributed by atoms with Crippen LogP contribution in [-0.4, -0.2) is 16.2 Å². The van der Waals surface area contributed by atoms with Gasteiger partial charge in [-0.2, -0.15) is 11.3 Å². The fourth-order valence-electron chi connectivity index (χ4n) is 1.39. The number of thioether (sulfide) groups is 1. The van der Waals surface area contributed by atoms with Crippen molar-refractivity contribution in [3.05, 3.63) is 33.6 Å². The van der Waals surface area contributed by atoms with Crippen LogP contribution in [0.5, 0.6) is 0 Å². The van der Waals surface area contributed by atoms with Crippen molar-refractivity contribution in [2.24, 2.45) is 0 Å². The van der Waals surface area contributed by atoms with Crippen molar-refractivity contribution in [3.63, 3.8) is 0 Å². The van der Waals surface area contributed by atoms with Gasteiger partial charge in [-0.25, -0.2) is 9.97 Å². The summed E-state index contributed by atoms with van der Waals surface area (Å²) in [7, 11) is 0. The van der Waals surface area contributed by atoms with E-state index >= 15 is 0 Å². The van der Waals surface area contributed by atoms with Crippen molar-refractivity contribution in [1.29, 1.82) is 0 Å². The van der Waals surface area contributed by atoms with E-state index in [1.165, 1.54) is 17.3 Å². The molecule has 0 aliphatic rings. The highest BCUT2D eigenvalue weighted by Crippen LogP contribution is 2.23. The van der Waals surface area contributed by atoms with Gasteiger partial charge in [-0.1, -0.05) is 23.4 Å². The van der Waals surface area contributed by atoms with E-state index in [2.05, 4.69) is 39.0 Å². The van der Waals surface area contributed by atoms with E-state index in [4.69, 9.17) is 11.6 Å². The van der Waals surface area contributed by atoms with Crippen LogP contribution in [-0.2, 0) is 0 Å². The second-order valence-corrected chi connectivity index (χ2v) is 5.43. The number of nitrogens with zero attached hydrogens (tertiary/aromatic N) is 2. The Kier molecular flexibility index (Phi) is 4.25. The first-order chi connectivity index (χ1) is 8.19. The molecule has 0 spiro atoms. The van der Waals surface area contributed by atoms with Crippen molar-refractivity contribution in [2.45, 2.75) is 18.1 Å². The van der Waals surface area contributed by atoms with E-state index in [1.54, 1.807) is 17.4 Å². The number of hydrogen-bond acceptors (Lipinski definition) is 5. The lowest BCUT2D eigenvalue weighted by Crippen LogP contribution is -2.07. The number of nitrogens with one attached hydrogen (secondary N) is 1. The Bertz CT molecular complexity index is 487. The van der Waals surface area contributed by atoms with Crippen LogP contribution in [0.2, 0.25) is 5.15 Å². The molecular weight excluding hydrogens is 274 g/mol. The van der Waals surface area contributed by atoms with E-state index < -0.39 is 0 Å². The van der Waals surface area contributed by atoms with Gasteiger partial charge in [0, 0.05) is 6.07 Å². The third kappa shape index (κ3) is 3.34. The summed E-state index contributed by atoms with van der Waals surface area (Å²) in [5.74, 6) is 0.757. The molecule has 0 aliphatic heterocycles. The van der Waals surface area contributed by atoms with Gasteiger partial charge in [-0.15, -0.1) is 0 Å². The molecule has 0 aliphatic carbocycles. The standard InChI is InChI=1S/C11H12ClN3S2/c1-7(8-3-4-17-6-8)13-10-5-9(12)14-11(15-10)16-2/h3-7H,1-2H3,(H,13,14,15). The van der Waals surface area contributed by atoms with Crippen molar-refractivity contribution >= 4 is 40.5 Å². The van der Waals surface area contributed by atoms with Crippen molar-refractivity contribution in [3.8, 4) is 0 Å². The highest BCUT2D eigenvalue weighted by molar-refractivity contribution is 7.98. The molecule has 2 aromatic rings. The summed E-state index contributed by atoms with van der Waals surface area (Å²) in [5.41, 5.74) is 1.25. The number of aromatic nitrogens is 2. The Morgan fingerprint density at radius 3 is 2.94 bits per heavy atom. The van der Waals surface area contributed by atoms with Gasteiger partial charge < -0.3 is 5.32 Å². The zero-order valence-corrected chi connectivity index (χ0v) is 11.9. The predicted molar refractivity (Wildman–Crippen MR) is 75.2 cm³/mol. The molecule has 6 heteroatoms. The monoisotopic (exact) mass is 285 g/mol. The minimum absolute atomic E-state index is 0.210. The third-order valence-corrected chi connectivity index (χ3v) is 3.71. The lowest BCUT2D eigenvalue weighted by molar-refractivity contribution is 0.860. The molecule has 0 fully saturated rings. The van der Waals surface area contributed by atoms with Gasteiger partial charge in [-0.05, 0) is 35.6 Å². The highest BCUT2D eigenvalue weighted by atomic mass is 35.5. The van der Waals surface area contributed by atoms with Gasteiger partial charge in [0.25, 0.3) is 0 Å². The second kappa shape index (κ2) is 5.71. The van der Waals surface area contributed by atoms with E-state index in [0.717, 1.165) is 5.82 Å². The van der Waals surface area contributed by atoms with Gasteiger partial charge in [0.1, 0.15) is 11.0 Å². The van der Waals surface area contributed by atoms with Gasteiger partial charge in [-0.3, -0.25) is 0 Å². The third-order valence-electron chi connectivity index (χ3n) is 2.26. The molecule has 1 unspecified atom stereocenters. The maximum atomic E-state index is 5.93. The number of hydrogen-bond donors (Lipinski definition) is 1. The van der Waals surface area contributed by atoms with E-state index in [9.17, 15) is 0 Å². The summed E-state index contributed by atoms with van der Waals surface area (Å²) >= 11 is 9.10. The van der Waals surface area contributed by atoms with Crippen molar-refractivity contribution in [1.82, 2.24) is 9.97 Å². The molecule has 17 heavy (non-hydrogen) atoms. The Labute approximate surface area is 114 Å². The van der Waals surface area contributed by atoms with Crippen LogP contribution < -0.4 is 5.32 Å². The Balaban J connectivity index is 2.15. The average molecular weight is 286 g/mol. The fourth-order valence-corrected chi connectivity index (χ4v) is 2.76. The van der Waals surface area contributed by atoms with Crippen LogP contribution >= 0.6 is 34.7 Å². The smallest absolute Gasteiger partial charge is 0.190 e. The normalized spacial score (nSPS) is 12.4. The van der Waals surface area contributed by atoms with Crippen LogP contribution in [0.3, 0.4) is 0 Å². The van der Waals surface area contributed by atoms with Crippen LogP contribution in [0.15, 0.2) is 28.0 Å². The van der Waals surface area contributed by atoms with Crippen molar-refractivity contribution in [2.75, 3.05) is 11.6 Å². The molecule has 3 nitrogen and oxygen atoms in total. The van der Waals surface area contributed by atoms with Crippen LogP contribution in [0.25, 0.3) is 0 Å². The lowest BCUT2D eigenvalue weighted by Gasteiger charge is -2.13. The zero-order chi connectivity index (χ0) is 12.3. The first-order valence-corrected chi connectivity index (χ1v) is 7.61. The Morgan fingerprint density at radius 1 is 1.47 bits per heavy atom. The summed E-state index contributed by atoms with van der Waals surface area (Å²) in [6.07, 6.45) is 1.93. The van der Waals surface area contributed by atoms with Crippen LogP contribution in [0.1, 0.15) is 18.5 Å². The highest BCUT2D eigenvalue weighted by Gasteiger charge is 2.08. The van der Waals surface area contributed by atoms with Crippen LogP contribution in [0, 0.1) is 0 Å². The van der Waals surface area contributed by atoms with Gasteiger partial charge in [0.15, 0.2) is 5.16 Å².